The minimum Gasteiger partial charge on any atom is -0.316 e. The number of hydrogen-bond donors (Lipinski definition) is 0. The van der Waals surface area contributed by atoms with Gasteiger partial charge < -0.3 is 4.90 Å². The molecule has 2 aliphatic heterocycles. The number of anilines is 1. The van der Waals surface area contributed by atoms with E-state index in [1.54, 1.807) is 16.0 Å². The quantitative estimate of drug-likeness (QED) is 0.767. The molecule has 2 bridgehead atoms. The van der Waals surface area contributed by atoms with E-state index in [2.05, 4.69) is 10.9 Å². The Labute approximate surface area is 129 Å². The van der Waals surface area contributed by atoms with E-state index in [-0.39, 0.29) is 29.7 Å². The van der Waals surface area contributed by atoms with E-state index in [9.17, 15) is 9.59 Å². The molecule has 2 saturated heterocycles. The molecule has 5 heteroatoms. The first kappa shape index (κ1) is 13.3. The van der Waals surface area contributed by atoms with Gasteiger partial charge in [0.05, 0.1) is 6.04 Å². The number of rotatable bonds is 2. The first-order valence-corrected chi connectivity index (χ1v) is 7.71. The van der Waals surface area contributed by atoms with Gasteiger partial charge in [-0.25, -0.2) is 4.98 Å². The number of likely N-dealkylation sites (tertiary alicyclic amines) is 1. The summed E-state index contributed by atoms with van der Waals surface area (Å²) < 4.78 is 0. The number of carbonyl (C=O) groups is 2. The number of pyridine rings is 1. The number of amides is 2. The minimum atomic E-state index is -0.421. The lowest BCUT2D eigenvalue weighted by molar-refractivity contribution is -0.139. The van der Waals surface area contributed by atoms with Gasteiger partial charge in [0.25, 0.3) is 5.91 Å². The Morgan fingerprint density at radius 1 is 1.36 bits per heavy atom. The maximum Gasteiger partial charge on any atom is 0.251 e. The lowest BCUT2D eigenvalue weighted by atomic mass is 9.95. The predicted molar refractivity (Wildman–Crippen MR) is 80.7 cm³/mol. The van der Waals surface area contributed by atoms with Gasteiger partial charge in [-0.3, -0.25) is 14.5 Å². The maximum atomic E-state index is 12.8. The Morgan fingerprint density at radius 3 is 2.82 bits per heavy atom. The molecule has 1 aromatic heterocycles. The molecule has 3 heterocycles. The molecule has 1 aromatic rings. The van der Waals surface area contributed by atoms with Crippen molar-refractivity contribution in [1.29, 1.82) is 0 Å². The summed E-state index contributed by atoms with van der Waals surface area (Å²) in [6.07, 6.45) is 9.86. The summed E-state index contributed by atoms with van der Waals surface area (Å²) in [5.74, 6) is 3.60. The lowest BCUT2D eigenvalue weighted by Crippen LogP contribution is -2.50. The van der Waals surface area contributed by atoms with Crippen LogP contribution in [0.3, 0.4) is 0 Å². The van der Waals surface area contributed by atoms with E-state index in [1.807, 2.05) is 18.2 Å². The van der Waals surface area contributed by atoms with Crippen LogP contribution in [0.25, 0.3) is 0 Å². The summed E-state index contributed by atoms with van der Waals surface area (Å²) in [7, 11) is 0. The third kappa shape index (κ3) is 1.91. The number of piperidine rings is 1. The topological polar surface area (TPSA) is 53.5 Å². The van der Waals surface area contributed by atoms with E-state index in [4.69, 9.17) is 6.42 Å². The number of nitrogens with zero attached hydrogens (tertiary/aromatic N) is 3. The summed E-state index contributed by atoms with van der Waals surface area (Å²) >= 11 is 0. The Bertz CT molecular complexity index is 662. The fourth-order valence-corrected chi connectivity index (χ4v) is 3.62. The van der Waals surface area contributed by atoms with Crippen molar-refractivity contribution in [2.75, 3.05) is 11.4 Å². The summed E-state index contributed by atoms with van der Waals surface area (Å²) in [6.45, 7) is 0.537. The summed E-state index contributed by atoms with van der Waals surface area (Å²) in [4.78, 5) is 33.0. The van der Waals surface area contributed by atoms with Crippen LogP contribution in [-0.4, -0.2) is 40.3 Å². The Hall–Kier alpha value is -2.35. The second-order valence-corrected chi connectivity index (χ2v) is 6.28. The second-order valence-electron chi connectivity index (χ2n) is 6.28. The zero-order valence-electron chi connectivity index (χ0n) is 12.2. The zero-order valence-corrected chi connectivity index (χ0v) is 12.2. The standard InChI is InChI=1S/C17H17N3O2/c1-2-13-12-9-14(20(13)16(21)11-6-7-11)17(22)19(10-12)15-5-3-4-8-18-15/h1,3-5,8,11-14H,6-7,9-10H2/t12-,13-,14+/m0/s1. The largest absolute Gasteiger partial charge is 0.316 e. The van der Waals surface area contributed by atoms with Crippen LogP contribution in [0.2, 0.25) is 0 Å². The number of aromatic nitrogens is 1. The smallest absolute Gasteiger partial charge is 0.251 e. The summed E-state index contributed by atoms with van der Waals surface area (Å²) in [5, 5.41) is 0. The van der Waals surface area contributed by atoms with Crippen LogP contribution >= 0.6 is 0 Å². The molecule has 3 fully saturated rings. The molecule has 3 aliphatic rings. The van der Waals surface area contributed by atoms with Crippen molar-refractivity contribution in [2.24, 2.45) is 11.8 Å². The van der Waals surface area contributed by atoms with Gasteiger partial charge >= 0.3 is 0 Å². The molecule has 112 valence electrons. The van der Waals surface area contributed by atoms with Gasteiger partial charge in [-0.15, -0.1) is 6.42 Å². The van der Waals surface area contributed by atoms with Crippen molar-refractivity contribution in [1.82, 2.24) is 9.88 Å². The SMILES string of the molecule is C#C[C@H]1[C@H]2C[C@H](C(=O)N(c3ccccn3)C2)N1C(=O)C1CC1. The van der Waals surface area contributed by atoms with Crippen molar-refractivity contribution in [3.05, 3.63) is 24.4 Å². The molecule has 5 nitrogen and oxygen atoms in total. The number of carbonyl (C=O) groups excluding carboxylic acids is 2. The molecule has 0 aromatic carbocycles. The van der Waals surface area contributed by atoms with Crippen LogP contribution in [0, 0.1) is 24.2 Å². The third-order valence-electron chi connectivity index (χ3n) is 4.85. The van der Waals surface area contributed by atoms with E-state index >= 15 is 0 Å². The molecule has 0 unspecified atom stereocenters. The second kappa shape index (κ2) is 4.84. The van der Waals surface area contributed by atoms with E-state index in [0.717, 1.165) is 12.8 Å². The first-order chi connectivity index (χ1) is 10.7. The molecule has 1 saturated carbocycles. The van der Waals surface area contributed by atoms with Gasteiger partial charge in [-0.2, -0.15) is 0 Å². The number of fused-ring (bicyclic) bond motifs is 2. The van der Waals surface area contributed by atoms with Gasteiger partial charge in [-0.1, -0.05) is 12.0 Å². The highest BCUT2D eigenvalue weighted by Crippen LogP contribution is 2.41. The molecule has 0 radical (unpaired) electrons. The monoisotopic (exact) mass is 295 g/mol. The van der Waals surface area contributed by atoms with Crippen molar-refractivity contribution >= 4 is 17.6 Å². The average molecular weight is 295 g/mol. The molecule has 4 rings (SSSR count). The van der Waals surface area contributed by atoms with Crippen LogP contribution in [0.15, 0.2) is 24.4 Å². The van der Waals surface area contributed by atoms with Crippen LogP contribution < -0.4 is 4.90 Å². The Morgan fingerprint density at radius 2 is 2.18 bits per heavy atom. The molecule has 3 atom stereocenters. The first-order valence-electron chi connectivity index (χ1n) is 7.71. The average Bonchev–Trinajstić information content (AvgIpc) is 3.34. The normalized spacial score (nSPS) is 30.3. The van der Waals surface area contributed by atoms with Gasteiger partial charge in [-0.05, 0) is 31.4 Å². The van der Waals surface area contributed by atoms with E-state index < -0.39 is 6.04 Å². The van der Waals surface area contributed by atoms with E-state index in [1.165, 1.54) is 0 Å². The van der Waals surface area contributed by atoms with Crippen molar-refractivity contribution in [3.63, 3.8) is 0 Å². The number of terminal acetylenes is 1. The Kier molecular flexibility index (Phi) is 2.93. The molecular formula is C17H17N3O2. The van der Waals surface area contributed by atoms with Crippen LogP contribution in [-0.2, 0) is 9.59 Å². The summed E-state index contributed by atoms with van der Waals surface area (Å²) in [6, 6.07) is 4.81. The van der Waals surface area contributed by atoms with Crippen molar-refractivity contribution in [3.8, 4) is 12.3 Å². The molecule has 2 amide bonds. The molecule has 1 aliphatic carbocycles. The Balaban J connectivity index is 1.67. The fraction of sp³-hybridized carbons (Fsp3) is 0.471. The predicted octanol–water partition coefficient (Wildman–Crippen LogP) is 1.06. The zero-order chi connectivity index (χ0) is 15.3. The fourth-order valence-electron chi connectivity index (χ4n) is 3.62. The summed E-state index contributed by atoms with van der Waals surface area (Å²) in [5.41, 5.74) is 0. The van der Waals surface area contributed by atoms with Crippen LogP contribution in [0.5, 0.6) is 0 Å². The van der Waals surface area contributed by atoms with Crippen LogP contribution in [0.4, 0.5) is 5.82 Å². The van der Waals surface area contributed by atoms with Gasteiger partial charge in [0.1, 0.15) is 11.9 Å². The molecule has 0 N–H and O–H groups in total. The van der Waals surface area contributed by atoms with Gasteiger partial charge in [0.2, 0.25) is 5.91 Å². The van der Waals surface area contributed by atoms with Crippen molar-refractivity contribution < 1.29 is 9.59 Å². The molecular weight excluding hydrogens is 278 g/mol. The highest BCUT2D eigenvalue weighted by molar-refractivity contribution is 6.01. The highest BCUT2D eigenvalue weighted by atomic mass is 16.2. The molecule has 0 spiro atoms. The third-order valence-corrected chi connectivity index (χ3v) is 4.85. The molecule has 22 heavy (non-hydrogen) atoms. The maximum absolute atomic E-state index is 12.8. The number of hydrogen-bond acceptors (Lipinski definition) is 3. The van der Waals surface area contributed by atoms with Crippen LogP contribution in [0.1, 0.15) is 19.3 Å². The van der Waals surface area contributed by atoms with Gasteiger partial charge in [0, 0.05) is 24.6 Å². The van der Waals surface area contributed by atoms with E-state index in [0.29, 0.717) is 18.8 Å². The lowest BCUT2D eigenvalue weighted by Gasteiger charge is -2.31. The van der Waals surface area contributed by atoms with Gasteiger partial charge in [0.15, 0.2) is 0 Å². The van der Waals surface area contributed by atoms with Crippen molar-refractivity contribution in [2.45, 2.75) is 31.3 Å². The highest BCUT2D eigenvalue weighted by Gasteiger charge is 2.54. The minimum absolute atomic E-state index is 0.0540.